The van der Waals surface area contributed by atoms with Gasteiger partial charge in [0.2, 0.25) is 0 Å². The molecule has 0 aliphatic carbocycles. The molecule has 0 aliphatic heterocycles. The molecule has 9 heteroatoms. The van der Waals surface area contributed by atoms with Crippen LogP contribution >= 0.6 is 0 Å². The van der Waals surface area contributed by atoms with Gasteiger partial charge in [0, 0.05) is 30.0 Å². The van der Waals surface area contributed by atoms with Gasteiger partial charge >= 0.3 is 0 Å². The van der Waals surface area contributed by atoms with Crippen molar-refractivity contribution in [3.8, 4) is 11.4 Å². The first kappa shape index (κ1) is 23.4. The summed E-state index contributed by atoms with van der Waals surface area (Å²) in [6.45, 7) is 9.83. The third kappa shape index (κ3) is 4.14. The van der Waals surface area contributed by atoms with Crippen LogP contribution in [-0.4, -0.2) is 59.5 Å². The van der Waals surface area contributed by atoms with Crippen molar-refractivity contribution in [2.24, 2.45) is 0 Å². The molecule has 5 rings (SSSR count). The molecule has 1 unspecified atom stereocenters. The van der Waals surface area contributed by atoms with Gasteiger partial charge in [0.1, 0.15) is 17.8 Å². The van der Waals surface area contributed by atoms with E-state index < -0.39 is 0 Å². The van der Waals surface area contributed by atoms with Crippen LogP contribution in [0.2, 0.25) is 0 Å². The van der Waals surface area contributed by atoms with Crippen molar-refractivity contribution in [1.82, 2.24) is 38.8 Å². The van der Waals surface area contributed by atoms with Crippen molar-refractivity contribution in [1.29, 1.82) is 0 Å². The van der Waals surface area contributed by atoms with Crippen LogP contribution in [0.4, 0.5) is 5.82 Å². The quantitative estimate of drug-likeness (QED) is 0.412. The minimum atomic E-state index is -0.0812. The van der Waals surface area contributed by atoms with E-state index >= 15 is 0 Å². The van der Waals surface area contributed by atoms with Gasteiger partial charge in [-0.25, -0.2) is 14.6 Å². The van der Waals surface area contributed by atoms with E-state index in [9.17, 15) is 0 Å². The first-order valence-electron chi connectivity index (χ1n) is 11.7. The van der Waals surface area contributed by atoms with Gasteiger partial charge in [-0.15, -0.1) is 0 Å². The zero-order chi connectivity index (χ0) is 24.4. The maximum atomic E-state index is 6.12. The first-order chi connectivity index (χ1) is 16.4. The van der Waals surface area contributed by atoms with Crippen LogP contribution in [0.15, 0.2) is 49.1 Å². The van der Waals surface area contributed by atoms with E-state index in [2.05, 4.69) is 64.7 Å². The highest BCUT2D eigenvalue weighted by molar-refractivity contribution is 5.88. The largest absolute Gasteiger partial charge is 0.383 e. The van der Waals surface area contributed by atoms with Crippen molar-refractivity contribution >= 4 is 22.4 Å². The SMILES string of the molecule is CC.Cc1nn(C(C)c2cc3ccccn3c2-c2ccn(CCN(C)C)n2)c2ncnc(N)c12. The second kappa shape index (κ2) is 9.64. The van der Waals surface area contributed by atoms with Gasteiger partial charge in [-0.05, 0) is 52.2 Å². The first-order valence-corrected chi connectivity index (χ1v) is 11.7. The van der Waals surface area contributed by atoms with Gasteiger partial charge in [0.15, 0.2) is 5.65 Å². The summed E-state index contributed by atoms with van der Waals surface area (Å²) in [7, 11) is 4.13. The predicted molar refractivity (Wildman–Crippen MR) is 137 cm³/mol. The Labute approximate surface area is 199 Å². The summed E-state index contributed by atoms with van der Waals surface area (Å²) in [5, 5.41) is 10.5. The lowest BCUT2D eigenvalue weighted by molar-refractivity contribution is 0.373. The molecular formula is C25H33N9. The third-order valence-electron chi connectivity index (χ3n) is 5.88. The van der Waals surface area contributed by atoms with Crippen molar-refractivity contribution in [2.75, 3.05) is 26.4 Å². The zero-order valence-electron chi connectivity index (χ0n) is 20.8. The number of rotatable bonds is 6. The number of pyridine rings is 1. The fourth-order valence-corrected chi connectivity index (χ4v) is 4.22. The number of anilines is 1. The number of aromatic nitrogens is 7. The fourth-order valence-electron chi connectivity index (χ4n) is 4.22. The highest BCUT2D eigenvalue weighted by atomic mass is 15.3. The maximum absolute atomic E-state index is 6.12. The van der Waals surface area contributed by atoms with Gasteiger partial charge in [-0.1, -0.05) is 19.9 Å². The second-order valence-electron chi connectivity index (χ2n) is 8.37. The molecule has 0 amide bonds. The Hall–Kier alpha value is -3.72. The number of aryl methyl sites for hydroxylation is 1. The summed E-state index contributed by atoms with van der Waals surface area (Å²) >= 11 is 0. The molecule has 5 heterocycles. The Bertz CT molecular complexity index is 1410. The minimum absolute atomic E-state index is 0.0812. The molecule has 0 saturated carbocycles. The van der Waals surface area contributed by atoms with Gasteiger partial charge in [-0.2, -0.15) is 10.2 Å². The molecule has 0 aromatic carbocycles. The lowest BCUT2D eigenvalue weighted by atomic mass is 10.1. The fraction of sp³-hybridized carbons (Fsp3) is 0.360. The number of hydrogen-bond donors (Lipinski definition) is 1. The Morgan fingerprint density at radius 3 is 2.62 bits per heavy atom. The van der Waals surface area contributed by atoms with E-state index in [-0.39, 0.29) is 6.04 Å². The second-order valence-corrected chi connectivity index (χ2v) is 8.37. The maximum Gasteiger partial charge on any atom is 0.164 e. The van der Waals surface area contributed by atoms with Crippen molar-refractivity contribution in [2.45, 2.75) is 40.3 Å². The van der Waals surface area contributed by atoms with Crippen molar-refractivity contribution in [3.63, 3.8) is 0 Å². The lowest BCUT2D eigenvalue weighted by Crippen LogP contribution is -2.18. The normalized spacial score (nSPS) is 12.3. The molecule has 5 aromatic rings. The number of hydrogen-bond acceptors (Lipinski definition) is 6. The number of likely N-dealkylation sites (N-methyl/N-ethyl adjacent to an activating group) is 1. The van der Waals surface area contributed by atoms with Crippen LogP contribution < -0.4 is 5.73 Å². The molecule has 0 aliphatic rings. The molecule has 0 radical (unpaired) electrons. The zero-order valence-corrected chi connectivity index (χ0v) is 20.8. The molecule has 0 fully saturated rings. The average molecular weight is 460 g/mol. The smallest absolute Gasteiger partial charge is 0.164 e. The van der Waals surface area contributed by atoms with E-state index in [0.717, 1.165) is 52.3 Å². The molecule has 34 heavy (non-hydrogen) atoms. The topological polar surface area (TPSA) is 95.1 Å². The van der Waals surface area contributed by atoms with E-state index in [1.54, 1.807) is 0 Å². The highest BCUT2D eigenvalue weighted by Crippen LogP contribution is 2.34. The van der Waals surface area contributed by atoms with E-state index in [1.807, 2.05) is 48.5 Å². The van der Waals surface area contributed by atoms with Crippen LogP contribution in [0.25, 0.3) is 27.9 Å². The van der Waals surface area contributed by atoms with Crippen LogP contribution in [0, 0.1) is 6.92 Å². The molecule has 0 saturated heterocycles. The van der Waals surface area contributed by atoms with Crippen LogP contribution in [-0.2, 0) is 6.54 Å². The van der Waals surface area contributed by atoms with Crippen molar-refractivity contribution in [3.05, 3.63) is 60.3 Å². The number of fused-ring (bicyclic) bond motifs is 2. The van der Waals surface area contributed by atoms with E-state index in [0.29, 0.717) is 5.82 Å². The van der Waals surface area contributed by atoms with Gasteiger partial charge in [0.25, 0.3) is 0 Å². The number of nitrogens with zero attached hydrogens (tertiary/aromatic N) is 8. The van der Waals surface area contributed by atoms with Gasteiger partial charge < -0.3 is 15.0 Å². The Morgan fingerprint density at radius 2 is 1.85 bits per heavy atom. The number of nitrogens with two attached hydrogens (primary N) is 1. The summed E-state index contributed by atoms with van der Waals surface area (Å²) in [4.78, 5) is 10.8. The average Bonchev–Trinajstić information content (AvgIpc) is 3.54. The van der Waals surface area contributed by atoms with E-state index in [1.165, 1.54) is 6.33 Å². The van der Waals surface area contributed by atoms with Gasteiger partial charge in [0.05, 0.1) is 29.4 Å². The standard InChI is InChI=1S/C23H27N9.C2H6/c1-15-20-22(24)25-14-26-23(20)32(27-15)16(2)18-13-17-7-5-6-9-31(17)21(18)19-8-10-30(28-19)12-11-29(3)4;1-2/h5-10,13-14,16H,11-12H2,1-4H3,(H2,24,25,26);1-2H3. The number of nitrogen functional groups attached to an aromatic ring is 1. The lowest BCUT2D eigenvalue weighted by Gasteiger charge is -2.14. The van der Waals surface area contributed by atoms with Crippen LogP contribution in [0.1, 0.15) is 38.1 Å². The van der Waals surface area contributed by atoms with E-state index in [4.69, 9.17) is 15.9 Å². The Morgan fingerprint density at radius 1 is 1.06 bits per heavy atom. The minimum Gasteiger partial charge on any atom is -0.383 e. The molecule has 178 valence electrons. The molecule has 5 aromatic heterocycles. The molecule has 0 bridgehead atoms. The molecular weight excluding hydrogens is 426 g/mol. The summed E-state index contributed by atoms with van der Waals surface area (Å²) < 4.78 is 6.11. The van der Waals surface area contributed by atoms with Crippen LogP contribution in [0.5, 0.6) is 0 Å². The molecule has 9 nitrogen and oxygen atoms in total. The van der Waals surface area contributed by atoms with Crippen LogP contribution in [0.3, 0.4) is 0 Å². The molecule has 2 N–H and O–H groups in total. The summed E-state index contributed by atoms with van der Waals surface area (Å²) in [6.07, 6.45) is 5.61. The predicted octanol–water partition coefficient (Wildman–Crippen LogP) is 4.03. The highest BCUT2D eigenvalue weighted by Gasteiger charge is 2.24. The summed E-state index contributed by atoms with van der Waals surface area (Å²) in [6, 6.07) is 10.4. The van der Waals surface area contributed by atoms with Gasteiger partial charge in [-0.3, -0.25) is 4.68 Å². The summed E-state index contributed by atoms with van der Waals surface area (Å²) in [5.74, 6) is 0.452. The Balaban J connectivity index is 0.00000133. The monoisotopic (exact) mass is 459 g/mol. The summed E-state index contributed by atoms with van der Waals surface area (Å²) in [5.41, 5.74) is 11.9. The third-order valence-corrected chi connectivity index (χ3v) is 5.88. The Kier molecular flexibility index (Phi) is 6.65. The molecule has 0 spiro atoms. The molecule has 1 atom stereocenters. The van der Waals surface area contributed by atoms with Crippen molar-refractivity contribution < 1.29 is 0 Å².